The minimum atomic E-state index is -4.66. The summed E-state index contributed by atoms with van der Waals surface area (Å²) >= 11 is 0. The zero-order valence-corrected chi connectivity index (χ0v) is 19.7. The van der Waals surface area contributed by atoms with Gasteiger partial charge in [0.1, 0.15) is 11.5 Å². The number of anilines is 2. The monoisotopic (exact) mass is 515 g/mol. The maximum absolute atomic E-state index is 13.3. The fourth-order valence-corrected chi connectivity index (χ4v) is 3.28. The average Bonchev–Trinajstić information content (AvgIpc) is 3.40. The number of amides is 1. The summed E-state index contributed by atoms with van der Waals surface area (Å²) in [5.41, 5.74) is 2.36. The number of carbonyl (C=O) groups is 1. The van der Waals surface area contributed by atoms with Crippen LogP contribution in [0, 0.1) is 0 Å². The lowest BCUT2D eigenvalue weighted by Gasteiger charge is -2.13. The lowest BCUT2D eigenvalue weighted by molar-refractivity contribution is -0.141. The first-order chi connectivity index (χ1) is 17.7. The molecule has 1 aromatic carbocycles. The first-order valence-corrected chi connectivity index (χ1v) is 10.5. The van der Waals surface area contributed by atoms with E-state index >= 15 is 0 Å². The number of aromatic nitrogens is 5. The Labute approximate surface area is 208 Å². The van der Waals surface area contributed by atoms with Gasteiger partial charge in [-0.15, -0.1) is 0 Å². The van der Waals surface area contributed by atoms with E-state index in [0.717, 1.165) is 16.9 Å². The fourth-order valence-electron chi connectivity index (χ4n) is 3.28. The Morgan fingerprint density at radius 1 is 1.00 bits per heavy atom. The number of pyridine rings is 1. The number of hydrogen-bond acceptors (Lipinski definition) is 9. The Morgan fingerprint density at radius 3 is 2.35 bits per heavy atom. The van der Waals surface area contributed by atoms with Crippen LogP contribution < -0.4 is 20.3 Å². The summed E-state index contributed by atoms with van der Waals surface area (Å²) in [6.45, 7) is 0. The molecule has 0 saturated heterocycles. The molecule has 0 aliphatic heterocycles. The van der Waals surface area contributed by atoms with Crippen molar-refractivity contribution in [1.29, 1.82) is 0 Å². The van der Waals surface area contributed by atoms with Gasteiger partial charge in [-0.05, 0) is 12.1 Å². The van der Waals surface area contributed by atoms with Crippen molar-refractivity contribution < 1.29 is 32.3 Å². The summed E-state index contributed by atoms with van der Waals surface area (Å²) in [6.07, 6.45) is 0.574. The van der Waals surface area contributed by atoms with Crippen molar-refractivity contribution in [1.82, 2.24) is 30.2 Å². The predicted octanol–water partition coefficient (Wildman–Crippen LogP) is 3.80. The zero-order chi connectivity index (χ0) is 26.6. The van der Waals surface area contributed by atoms with E-state index in [0.29, 0.717) is 22.7 Å². The number of nitrogens with one attached hydrogen (secondary N) is 2. The SMILES string of the molecule is CONC(=O)c1cncc(-c2cnc(Nc3cc(OC)cc(OC)c3)nc2-n2ccc(C(F)(F)F)n2)c1. The topological polar surface area (TPSA) is 125 Å². The molecule has 11 nitrogen and oxygen atoms in total. The van der Waals surface area contributed by atoms with Crippen LogP contribution in [0.3, 0.4) is 0 Å². The molecule has 4 rings (SSSR count). The number of nitrogens with zero attached hydrogens (tertiary/aromatic N) is 5. The van der Waals surface area contributed by atoms with Gasteiger partial charge in [0.05, 0.1) is 26.9 Å². The van der Waals surface area contributed by atoms with Crippen molar-refractivity contribution in [3.05, 3.63) is 66.4 Å². The third kappa shape index (κ3) is 5.75. The molecule has 192 valence electrons. The molecule has 0 radical (unpaired) electrons. The Hall–Kier alpha value is -4.72. The highest BCUT2D eigenvalue weighted by atomic mass is 19.4. The number of hydrogen-bond donors (Lipinski definition) is 2. The molecule has 1 amide bonds. The molecular weight excluding hydrogens is 495 g/mol. The van der Waals surface area contributed by atoms with Crippen molar-refractivity contribution >= 4 is 17.5 Å². The molecule has 0 spiro atoms. The van der Waals surface area contributed by atoms with Gasteiger partial charge in [0.25, 0.3) is 5.91 Å². The smallest absolute Gasteiger partial charge is 0.435 e. The third-order valence-electron chi connectivity index (χ3n) is 4.98. The van der Waals surface area contributed by atoms with Crippen molar-refractivity contribution in [3.63, 3.8) is 0 Å². The summed E-state index contributed by atoms with van der Waals surface area (Å²) in [4.78, 5) is 29.6. The lowest BCUT2D eigenvalue weighted by Crippen LogP contribution is -2.21. The number of halogens is 3. The van der Waals surface area contributed by atoms with E-state index in [2.05, 4.69) is 35.7 Å². The van der Waals surface area contributed by atoms with Gasteiger partial charge in [-0.2, -0.15) is 23.3 Å². The second-order valence-electron chi connectivity index (χ2n) is 7.40. The van der Waals surface area contributed by atoms with Gasteiger partial charge in [0.2, 0.25) is 5.95 Å². The molecule has 0 bridgehead atoms. The van der Waals surface area contributed by atoms with E-state index in [-0.39, 0.29) is 22.9 Å². The number of rotatable bonds is 8. The maximum Gasteiger partial charge on any atom is 0.435 e. The predicted molar refractivity (Wildman–Crippen MR) is 125 cm³/mol. The molecular formula is C23H20F3N7O4. The van der Waals surface area contributed by atoms with Crippen LogP contribution in [-0.4, -0.2) is 52.0 Å². The molecule has 0 saturated carbocycles. The molecule has 4 aromatic rings. The van der Waals surface area contributed by atoms with Gasteiger partial charge in [0, 0.05) is 59.8 Å². The van der Waals surface area contributed by atoms with Gasteiger partial charge >= 0.3 is 6.18 Å². The van der Waals surface area contributed by atoms with E-state index in [1.165, 1.54) is 46.0 Å². The number of alkyl halides is 3. The fraction of sp³-hybridized carbons (Fsp3) is 0.174. The van der Waals surface area contributed by atoms with Crippen LogP contribution in [-0.2, 0) is 11.0 Å². The maximum atomic E-state index is 13.3. The second kappa shape index (κ2) is 10.5. The van der Waals surface area contributed by atoms with Gasteiger partial charge in [0.15, 0.2) is 11.5 Å². The Kier molecular flexibility index (Phi) is 7.20. The van der Waals surface area contributed by atoms with Crippen LogP contribution in [0.1, 0.15) is 16.1 Å². The molecule has 0 unspecified atom stereocenters. The molecule has 0 aliphatic rings. The molecule has 37 heavy (non-hydrogen) atoms. The van der Waals surface area contributed by atoms with Crippen molar-refractivity contribution in [2.45, 2.75) is 6.18 Å². The molecule has 0 atom stereocenters. The van der Waals surface area contributed by atoms with Crippen molar-refractivity contribution in [3.8, 4) is 28.4 Å². The highest BCUT2D eigenvalue weighted by molar-refractivity contribution is 5.94. The number of hydroxylamine groups is 1. The Morgan fingerprint density at radius 2 is 1.73 bits per heavy atom. The van der Waals surface area contributed by atoms with Crippen LogP contribution in [0.2, 0.25) is 0 Å². The molecule has 2 N–H and O–H groups in total. The highest BCUT2D eigenvalue weighted by Crippen LogP contribution is 2.31. The second-order valence-corrected chi connectivity index (χ2v) is 7.40. The van der Waals surface area contributed by atoms with E-state index < -0.39 is 17.8 Å². The third-order valence-corrected chi connectivity index (χ3v) is 4.98. The van der Waals surface area contributed by atoms with Crippen LogP contribution in [0.25, 0.3) is 16.9 Å². The van der Waals surface area contributed by atoms with Gasteiger partial charge < -0.3 is 14.8 Å². The normalized spacial score (nSPS) is 11.2. The largest absolute Gasteiger partial charge is 0.497 e. The number of methoxy groups -OCH3 is 2. The van der Waals surface area contributed by atoms with Gasteiger partial charge in [-0.3, -0.25) is 14.6 Å². The standard InChI is InChI=1S/C23H20F3N7O4/c1-35-16-7-15(8-17(9-16)36-2)29-22-28-12-18(13-6-14(11-27-10-13)21(34)32-37-3)20(30-22)33-5-4-19(31-33)23(24,25)26/h4-12H,1-3H3,(H,32,34)(H,28,29,30). The first-order valence-electron chi connectivity index (χ1n) is 10.5. The first kappa shape index (κ1) is 25.4. The average molecular weight is 515 g/mol. The van der Waals surface area contributed by atoms with E-state index in [9.17, 15) is 18.0 Å². The van der Waals surface area contributed by atoms with E-state index in [1.807, 2.05) is 0 Å². The van der Waals surface area contributed by atoms with Crippen LogP contribution in [0.15, 0.2) is 55.1 Å². The summed E-state index contributed by atoms with van der Waals surface area (Å²) in [5.74, 6) is 0.493. The quantitative estimate of drug-likeness (QED) is 0.337. The molecule has 3 heterocycles. The van der Waals surface area contributed by atoms with Crippen molar-refractivity contribution in [2.75, 3.05) is 26.6 Å². The van der Waals surface area contributed by atoms with Crippen LogP contribution >= 0.6 is 0 Å². The van der Waals surface area contributed by atoms with Gasteiger partial charge in [-0.25, -0.2) is 15.1 Å². The summed E-state index contributed by atoms with van der Waals surface area (Å²) < 4.78 is 51.2. The van der Waals surface area contributed by atoms with Crippen molar-refractivity contribution in [2.24, 2.45) is 0 Å². The molecule has 0 aliphatic carbocycles. The summed E-state index contributed by atoms with van der Waals surface area (Å²) in [6, 6.07) is 7.29. The Bertz CT molecular complexity index is 1400. The van der Waals surface area contributed by atoms with Crippen LogP contribution in [0.5, 0.6) is 11.5 Å². The molecule has 3 aromatic heterocycles. The zero-order valence-electron chi connectivity index (χ0n) is 19.7. The summed E-state index contributed by atoms with van der Waals surface area (Å²) in [5, 5.41) is 6.63. The highest BCUT2D eigenvalue weighted by Gasteiger charge is 2.34. The van der Waals surface area contributed by atoms with E-state index in [4.69, 9.17) is 9.47 Å². The molecule has 0 fully saturated rings. The lowest BCUT2D eigenvalue weighted by atomic mass is 10.1. The van der Waals surface area contributed by atoms with E-state index in [1.54, 1.807) is 18.2 Å². The van der Waals surface area contributed by atoms with Crippen LogP contribution in [0.4, 0.5) is 24.8 Å². The minimum Gasteiger partial charge on any atom is -0.497 e. The van der Waals surface area contributed by atoms with Gasteiger partial charge in [-0.1, -0.05) is 0 Å². The Balaban J connectivity index is 1.80. The number of carbonyl (C=O) groups excluding carboxylic acids is 1. The number of ether oxygens (including phenoxy) is 2. The number of benzene rings is 1. The molecule has 14 heteroatoms. The summed E-state index contributed by atoms with van der Waals surface area (Å²) in [7, 11) is 4.26. The minimum absolute atomic E-state index is 0.00830.